The molecule has 1 aromatic carbocycles. The fourth-order valence-electron chi connectivity index (χ4n) is 1.58. The third-order valence-electron chi connectivity index (χ3n) is 2.43. The lowest BCUT2D eigenvalue weighted by molar-refractivity contribution is -0.122. The zero-order chi connectivity index (χ0) is 15.7. The van der Waals surface area contributed by atoms with Crippen LogP contribution in [-0.2, 0) is 9.59 Å². The van der Waals surface area contributed by atoms with Gasteiger partial charge < -0.3 is 20.5 Å². The van der Waals surface area contributed by atoms with E-state index in [9.17, 15) is 9.59 Å². The number of carbonyl (C=O) groups excluding carboxylic acids is 2. The van der Waals surface area contributed by atoms with E-state index < -0.39 is 5.91 Å². The van der Waals surface area contributed by atoms with E-state index in [-0.39, 0.29) is 12.5 Å². The molecule has 21 heavy (non-hydrogen) atoms. The van der Waals surface area contributed by atoms with Crippen molar-refractivity contribution in [3.05, 3.63) is 29.8 Å². The second-order valence-electron chi connectivity index (χ2n) is 4.09. The monoisotopic (exact) mass is 292 g/mol. The molecule has 0 atom stereocenters. The quantitative estimate of drug-likeness (QED) is 0.702. The molecule has 6 heteroatoms. The Hall–Kier alpha value is -2.50. The van der Waals surface area contributed by atoms with Crippen molar-refractivity contribution in [2.75, 3.05) is 19.8 Å². The van der Waals surface area contributed by atoms with Gasteiger partial charge in [-0.15, -0.1) is 0 Å². The van der Waals surface area contributed by atoms with E-state index in [2.05, 4.69) is 5.32 Å². The predicted octanol–water partition coefficient (Wildman–Crippen LogP) is 1.10. The predicted molar refractivity (Wildman–Crippen MR) is 80.0 cm³/mol. The zero-order valence-corrected chi connectivity index (χ0v) is 12.2. The molecule has 0 aromatic heterocycles. The molecule has 3 N–H and O–H groups in total. The van der Waals surface area contributed by atoms with Crippen LogP contribution in [0.15, 0.2) is 24.3 Å². The average molecular weight is 292 g/mol. The first-order valence-electron chi connectivity index (χ1n) is 6.70. The van der Waals surface area contributed by atoms with Gasteiger partial charge in [-0.05, 0) is 37.6 Å². The molecule has 1 aromatic rings. The van der Waals surface area contributed by atoms with Gasteiger partial charge in [0.1, 0.15) is 0 Å². The first-order valence-corrected chi connectivity index (χ1v) is 6.70. The van der Waals surface area contributed by atoms with E-state index in [0.717, 1.165) is 5.56 Å². The van der Waals surface area contributed by atoms with Gasteiger partial charge in [0.2, 0.25) is 11.8 Å². The molecule has 0 aliphatic carbocycles. The Morgan fingerprint density at radius 1 is 1.19 bits per heavy atom. The van der Waals surface area contributed by atoms with Crippen molar-refractivity contribution in [2.24, 2.45) is 5.73 Å². The molecule has 0 saturated carbocycles. The number of rotatable bonds is 8. The number of benzene rings is 1. The minimum Gasteiger partial charge on any atom is -0.490 e. The summed E-state index contributed by atoms with van der Waals surface area (Å²) in [4.78, 5) is 22.0. The number of ether oxygens (including phenoxy) is 2. The molecule has 0 spiro atoms. The van der Waals surface area contributed by atoms with Crippen molar-refractivity contribution in [1.82, 2.24) is 5.32 Å². The Kier molecular flexibility index (Phi) is 6.80. The van der Waals surface area contributed by atoms with Crippen molar-refractivity contribution in [3.63, 3.8) is 0 Å². The second kappa shape index (κ2) is 8.63. The molecule has 0 radical (unpaired) electrons. The van der Waals surface area contributed by atoms with E-state index >= 15 is 0 Å². The number of hydrogen-bond acceptors (Lipinski definition) is 4. The summed E-state index contributed by atoms with van der Waals surface area (Å²) < 4.78 is 11.0. The van der Waals surface area contributed by atoms with Gasteiger partial charge in [-0.2, -0.15) is 0 Å². The molecule has 114 valence electrons. The van der Waals surface area contributed by atoms with Gasteiger partial charge in [0.25, 0.3) is 0 Å². The molecule has 0 aliphatic heterocycles. The van der Waals surface area contributed by atoms with Crippen molar-refractivity contribution < 1.29 is 19.1 Å². The van der Waals surface area contributed by atoms with Crippen LogP contribution >= 0.6 is 0 Å². The van der Waals surface area contributed by atoms with E-state index in [1.54, 1.807) is 18.2 Å². The number of nitrogens with two attached hydrogens (primary N) is 1. The third-order valence-corrected chi connectivity index (χ3v) is 2.43. The summed E-state index contributed by atoms with van der Waals surface area (Å²) in [5.74, 6) is 0.311. The van der Waals surface area contributed by atoms with Crippen LogP contribution in [-0.4, -0.2) is 31.6 Å². The van der Waals surface area contributed by atoms with E-state index in [4.69, 9.17) is 15.2 Å². The van der Waals surface area contributed by atoms with Crippen LogP contribution in [0, 0.1) is 0 Å². The summed E-state index contributed by atoms with van der Waals surface area (Å²) in [5.41, 5.74) is 5.73. The van der Waals surface area contributed by atoms with E-state index in [1.807, 2.05) is 19.9 Å². The van der Waals surface area contributed by atoms with Crippen LogP contribution in [0.5, 0.6) is 11.5 Å². The lowest BCUT2D eigenvalue weighted by Gasteiger charge is -2.11. The van der Waals surface area contributed by atoms with E-state index in [0.29, 0.717) is 24.7 Å². The van der Waals surface area contributed by atoms with Crippen LogP contribution in [0.2, 0.25) is 0 Å². The van der Waals surface area contributed by atoms with Gasteiger partial charge in [0.05, 0.1) is 19.8 Å². The smallest absolute Gasteiger partial charge is 0.244 e. The fraction of sp³-hybridized carbons (Fsp3) is 0.333. The van der Waals surface area contributed by atoms with Crippen LogP contribution in [0.25, 0.3) is 6.08 Å². The second-order valence-corrected chi connectivity index (χ2v) is 4.09. The minimum atomic E-state index is -0.587. The number of amides is 2. The van der Waals surface area contributed by atoms with Gasteiger partial charge in [-0.1, -0.05) is 6.07 Å². The molecule has 6 nitrogen and oxygen atoms in total. The van der Waals surface area contributed by atoms with Crippen LogP contribution < -0.4 is 20.5 Å². The molecule has 0 bridgehead atoms. The first kappa shape index (κ1) is 16.6. The topological polar surface area (TPSA) is 90.6 Å². The van der Waals surface area contributed by atoms with Gasteiger partial charge in [-0.3, -0.25) is 9.59 Å². The summed E-state index contributed by atoms with van der Waals surface area (Å²) >= 11 is 0. The SMILES string of the molecule is CCOc1ccc(/C=C/C(=O)NCC(N)=O)cc1OCC. The summed E-state index contributed by atoms with van der Waals surface area (Å²) in [6.07, 6.45) is 2.95. The highest BCUT2D eigenvalue weighted by Gasteiger charge is 2.05. The Labute approximate surface area is 123 Å². The first-order chi connectivity index (χ1) is 10.1. The Morgan fingerprint density at radius 2 is 1.86 bits per heavy atom. The molecular weight excluding hydrogens is 272 g/mol. The highest BCUT2D eigenvalue weighted by Crippen LogP contribution is 2.28. The molecule has 0 saturated heterocycles. The van der Waals surface area contributed by atoms with Crippen LogP contribution in [0.1, 0.15) is 19.4 Å². The lowest BCUT2D eigenvalue weighted by Crippen LogP contribution is -2.32. The minimum absolute atomic E-state index is 0.184. The Bertz CT molecular complexity index is 526. The van der Waals surface area contributed by atoms with Crippen molar-refractivity contribution in [1.29, 1.82) is 0 Å². The van der Waals surface area contributed by atoms with Gasteiger partial charge in [-0.25, -0.2) is 0 Å². The van der Waals surface area contributed by atoms with Crippen molar-refractivity contribution in [3.8, 4) is 11.5 Å². The summed E-state index contributed by atoms with van der Waals surface area (Å²) in [6.45, 7) is 4.66. The molecule has 1 rings (SSSR count). The molecule has 2 amide bonds. The average Bonchev–Trinajstić information content (AvgIpc) is 2.45. The summed E-state index contributed by atoms with van der Waals surface area (Å²) in [5, 5.41) is 2.37. The van der Waals surface area contributed by atoms with E-state index in [1.165, 1.54) is 6.08 Å². The molecular formula is C15H20N2O4. The highest BCUT2D eigenvalue weighted by molar-refractivity contribution is 5.94. The molecule has 0 unspecified atom stereocenters. The van der Waals surface area contributed by atoms with Gasteiger partial charge >= 0.3 is 0 Å². The van der Waals surface area contributed by atoms with Crippen LogP contribution in [0.4, 0.5) is 0 Å². The molecule has 0 fully saturated rings. The largest absolute Gasteiger partial charge is 0.490 e. The maximum atomic E-state index is 11.4. The standard InChI is InChI=1S/C15H20N2O4/c1-3-20-12-7-5-11(9-13(12)21-4-2)6-8-15(19)17-10-14(16)18/h5-9H,3-4,10H2,1-2H3,(H2,16,18)(H,17,19)/b8-6+. The molecule has 0 aliphatic rings. The highest BCUT2D eigenvalue weighted by atomic mass is 16.5. The molecule has 0 heterocycles. The maximum absolute atomic E-state index is 11.4. The Morgan fingerprint density at radius 3 is 2.48 bits per heavy atom. The van der Waals surface area contributed by atoms with Crippen LogP contribution in [0.3, 0.4) is 0 Å². The van der Waals surface area contributed by atoms with Gasteiger partial charge in [0.15, 0.2) is 11.5 Å². The summed E-state index contributed by atoms with van der Waals surface area (Å²) in [7, 11) is 0. The zero-order valence-electron chi connectivity index (χ0n) is 12.2. The normalized spacial score (nSPS) is 10.4. The fourth-order valence-corrected chi connectivity index (χ4v) is 1.58. The van der Waals surface area contributed by atoms with Gasteiger partial charge in [0, 0.05) is 6.08 Å². The third kappa shape index (κ3) is 5.99. The number of hydrogen-bond donors (Lipinski definition) is 2. The van der Waals surface area contributed by atoms with Crippen molar-refractivity contribution >= 4 is 17.9 Å². The maximum Gasteiger partial charge on any atom is 0.244 e. The Balaban J connectivity index is 2.76. The number of carbonyl (C=O) groups is 2. The van der Waals surface area contributed by atoms with Crippen molar-refractivity contribution in [2.45, 2.75) is 13.8 Å². The summed E-state index contributed by atoms with van der Waals surface area (Å²) in [6, 6.07) is 5.38. The lowest BCUT2D eigenvalue weighted by atomic mass is 10.2. The number of nitrogens with one attached hydrogen (secondary N) is 1. The number of primary amides is 1.